The Bertz CT molecular complexity index is 884. The van der Waals surface area contributed by atoms with E-state index in [1.807, 2.05) is 65.8 Å². The van der Waals surface area contributed by atoms with Crippen molar-refractivity contribution in [2.45, 2.75) is 125 Å². The summed E-state index contributed by atoms with van der Waals surface area (Å²) in [5.41, 5.74) is 0.607. The first-order chi connectivity index (χ1) is 17.0. The molecule has 0 aliphatic rings. The third-order valence-corrected chi connectivity index (χ3v) is 5.65. The summed E-state index contributed by atoms with van der Waals surface area (Å²) in [7, 11) is 0. The highest BCUT2D eigenvalue weighted by atomic mass is 16.6. The molecule has 2 atom stereocenters. The van der Waals surface area contributed by atoms with E-state index < -0.39 is 29.3 Å². The molecule has 0 saturated heterocycles. The van der Waals surface area contributed by atoms with Crippen LogP contribution in [-0.4, -0.2) is 46.5 Å². The summed E-state index contributed by atoms with van der Waals surface area (Å²) in [4.78, 5) is 42.3. The van der Waals surface area contributed by atoms with Crippen molar-refractivity contribution in [2.75, 3.05) is 6.54 Å². The SMILES string of the molecule is CCCCCCN(C(=O)C(CC(C)C)NC(=O)OC(C)(C)C)C(C(=O)NC(C)(C)C)c1cccc(C)c1. The van der Waals surface area contributed by atoms with Crippen molar-refractivity contribution in [1.82, 2.24) is 15.5 Å². The molecule has 1 aromatic carbocycles. The van der Waals surface area contributed by atoms with E-state index in [1.165, 1.54) is 0 Å². The summed E-state index contributed by atoms with van der Waals surface area (Å²) in [6, 6.07) is 6.11. The highest BCUT2D eigenvalue weighted by molar-refractivity contribution is 5.92. The Morgan fingerprint density at radius 2 is 1.65 bits per heavy atom. The van der Waals surface area contributed by atoms with Crippen LogP contribution in [0.1, 0.15) is 112 Å². The predicted molar refractivity (Wildman–Crippen MR) is 150 cm³/mol. The van der Waals surface area contributed by atoms with E-state index >= 15 is 0 Å². The van der Waals surface area contributed by atoms with Crippen molar-refractivity contribution in [3.05, 3.63) is 35.4 Å². The van der Waals surface area contributed by atoms with Gasteiger partial charge in [-0.1, -0.05) is 69.9 Å². The molecule has 0 radical (unpaired) electrons. The number of nitrogens with one attached hydrogen (secondary N) is 2. The maximum Gasteiger partial charge on any atom is 0.408 e. The Hall–Kier alpha value is -2.57. The molecule has 3 amide bonds. The van der Waals surface area contributed by atoms with Crippen LogP contribution in [0.2, 0.25) is 0 Å². The van der Waals surface area contributed by atoms with E-state index in [9.17, 15) is 14.4 Å². The molecule has 1 aromatic rings. The second kappa shape index (κ2) is 14.4. The van der Waals surface area contributed by atoms with Crippen molar-refractivity contribution < 1.29 is 19.1 Å². The molecule has 37 heavy (non-hydrogen) atoms. The highest BCUT2D eigenvalue weighted by Crippen LogP contribution is 2.26. The maximum absolute atomic E-state index is 14.2. The minimum absolute atomic E-state index is 0.145. The monoisotopic (exact) mass is 517 g/mol. The number of hydrogen-bond acceptors (Lipinski definition) is 4. The van der Waals surface area contributed by atoms with Gasteiger partial charge in [0.1, 0.15) is 17.7 Å². The molecule has 0 spiro atoms. The molecule has 2 unspecified atom stereocenters. The molecule has 7 heteroatoms. The molecule has 1 rings (SSSR count). The predicted octanol–water partition coefficient (Wildman–Crippen LogP) is 6.30. The summed E-state index contributed by atoms with van der Waals surface area (Å²) in [6.07, 6.45) is 3.64. The van der Waals surface area contributed by atoms with E-state index in [0.717, 1.165) is 36.8 Å². The van der Waals surface area contributed by atoms with Gasteiger partial charge in [0.2, 0.25) is 11.8 Å². The lowest BCUT2D eigenvalue weighted by atomic mass is 9.97. The second-order valence-corrected chi connectivity index (χ2v) is 12.5. The zero-order valence-corrected chi connectivity index (χ0v) is 24.9. The number of unbranched alkanes of at least 4 members (excludes halogenated alkanes) is 3. The van der Waals surface area contributed by atoms with Crippen LogP contribution in [0.3, 0.4) is 0 Å². The van der Waals surface area contributed by atoms with E-state index in [4.69, 9.17) is 4.74 Å². The zero-order chi connectivity index (χ0) is 28.4. The number of nitrogens with zero attached hydrogens (tertiary/aromatic N) is 1. The fraction of sp³-hybridized carbons (Fsp3) is 0.700. The van der Waals surface area contributed by atoms with Crippen molar-refractivity contribution in [2.24, 2.45) is 5.92 Å². The topological polar surface area (TPSA) is 87.7 Å². The number of carbonyl (C=O) groups is 3. The van der Waals surface area contributed by atoms with Gasteiger partial charge in [0.15, 0.2) is 0 Å². The highest BCUT2D eigenvalue weighted by Gasteiger charge is 2.37. The van der Waals surface area contributed by atoms with Gasteiger partial charge < -0.3 is 20.3 Å². The van der Waals surface area contributed by atoms with Gasteiger partial charge in [0, 0.05) is 12.1 Å². The van der Waals surface area contributed by atoms with E-state index in [0.29, 0.717) is 13.0 Å². The first-order valence-electron chi connectivity index (χ1n) is 13.7. The Balaban J connectivity index is 3.51. The maximum atomic E-state index is 14.2. The number of rotatable bonds is 12. The molecular weight excluding hydrogens is 466 g/mol. The third-order valence-electron chi connectivity index (χ3n) is 5.65. The molecule has 210 valence electrons. The van der Waals surface area contributed by atoms with E-state index in [-0.39, 0.29) is 17.7 Å². The minimum Gasteiger partial charge on any atom is -0.444 e. The molecular formula is C30H51N3O4. The second-order valence-electron chi connectivity index (χ2n) is 12.5. The first kappa shape index (κ1) is 32.5. The van der Waals surface area contributed by atoms with Crippen LogP contribution >= 0.6 is 0 Å². The van der Waals surface area contributed by atoms with E-state index in [2.05, 4.69) is 17.6 Å². The van der Waals surface area contributed by atoms with Crippen molar-refractivity contribution in [3.63, 3.8) is 0 Å². The van der Waals surface area contributed by atoms with Gasteiger partial charge in [-0.25, -0.2) is 4.79 Å². The largest absolute Gasteiger partial charge is 0.444 e. The van der Waals surface area contributed by atoms with E-state index in [1.54, 1.807) is 25.7 Å². The lowest BCUT2D eigenvalue weighted by Gasteiger charge is -2.36. The van der Waals surface area contributed by atoms with Gasteiger partial charge in [-0.2, -0.15) is 0 Å². The lowest BCUT2D eigenvalue weighted by Crippen LogP contribution is -2.55. The number of aryl methyl sites for hydroxylation is 1. The summed E-state index contributed by atoms with van der Waals surface area (Å²) in [5.74, 6) is -0.360. The van der Waals surface area contributed by atoms with Gasteiger partial charge in [-0.05, 0) is 72.8 Å². The lowest BCUT2D eigenvalue weighted by molar-refractivity contribution is -0.143. The number of carbonyl (C=O) groups excluding carboxylic acids is 3. The number of ether oxygens (including phenoxy) is 1. The fourth-order valence-corrected chi connectivity index (χ4v) is 4.17. The number of benzene rings is 1. The zero-order valence-electron chi connectivity index (χ0n) is 24.9. The molecule has 2 N–H and O–H groups in total. The van der Waals surface area contributed by atoms with Gasteiger partial charge in [0.05, 0.1) is 0 Å². The smallest absolute Gasteiger partial charge is 0.408 e. The van der Waals surface area contributed by atoms with Gasteiger partial charge in [0.25, 0.3) is 0 Å². The third kappa shape index (κ3) is 12.5. The van der Waals surface area contributed by atoms with Gasteiger partial charge in [-0.15, -0.1) is 0 Å². The summed E-state index contributed by atoms with van der Waals surface area (Å²) < 4.78 is 5.47. The standard InChI is InChI=1S/C30H51N3O4/c1-11-12-13-14-18-33(27(35)24(19-21(2)3)31-28(36)37-30(8,9)10)25(26(34)32-29(5,6)7)23-17-15-16-22(4)20-23/h15-17,20-21,24-25H,11-14,18-19H2,1-10H3,(H,31,36)(H,32,34). The Kier molecular flexibility index (Phi) is 12.6. The van der Waals surface area contributed by atoms with Crippen LogP contribution in [0, 0.1) is 12.8 Å². The molecule has 0 heterocycles. The Morgan fingerprint density at radius 1 is 1.00 bits per heavy atom. The van der Waals surface area contributed by atoms with Gasteiger partial charge in [-0.3, -0.25) is 9.59 Å². The van der Waals surface area contributed by atoms with Gasteiger partial charge >= 0.3 is 6.09 Å². The fourth-order valence-electron chi connectivity index (χ4n) is 4.17. The minimum atomic E-state index is -0.816. The molecule has 0 fully saturated rings. The van der Waals surface area contributed by atoms with Crippen LogP contribution in [-0.2, 0) is 14.3 Å². The average molecular weight is 518 g/mol. The van der Waals surface area contributed by atoms with Crippen LogP contribution in [0.5, 0.6) is 0 Å². The quantitative estimate of drug-likeness (QED) is 0.319. The van der Waals surface area contributed by atoms with Crippen LogP contribution in [0.25, 0.3) is 0 Å². The molecule has 0 aromatic heterocycles. The van der Waals surface area contributed by atoms with Crippen LogP contribution < -0.4 is 10.6 Å². The normalized spacial score (nSPS) is 13.6. The molecule has 7 nitrogen and oxygen atoms in total. The Labute approximate surface area is 225 Å². The number of hydrogen-bond donors (Lipinski definition) is 2. The van der Waals surface area contributed by atoms with Crippen LogP contribution in [0.15, 0.2) is 24.3 Å². The number of amides is 3. The average Bonchev–Trinajstić information content (AvgIpc) is 2.72. The summed E-state index contributed by atoms with van der Waals surface area (Å²) in [5, 5.41) is 5.89. The van der Waals surface area contributed by atoms with Crippen molar-refractivity contribution in [3.8, 4) is 0 Å². The first-order valence-corrected chi connectivity index (χ1v) is 13.7. The van der Waals surface area contributed by atoms with Crippen molar-refractivity contribution in [1.29, 1.82) is 0 Å². The molecule has 0 saturated carbocycles. The Morgan fingerprint density at radius 3 is 2.16 bits per heavy atom. The van der Waals surface area contributed by atoms with Crippen molar-refractivity contribution >= 4 is 17.9 Å². The summed E-state index contributed by atoms with van der Waals surface area (Å²) >= 11 is 0. The molecule has 0 aliphatic carbocycles. The molecule has 0 aliphatic heterocycles. The van der Waals surface area contributed by atoms with Crippen LogP contribution in [0.4, 0.5) is 4.79 Å². The number of alkyl carbamates (subject to hydrolysis) is 1. The summed E-state index contributed by atoms with van der Waals surface area (Å²) in [6.45, 7) is 19.7. The molecule has 0 bridgehead atoms.